The number of nitrogens with zero attached hydrogens (tertiary/aromatic N) is 1. The molecule has 2 N–H and O–H groups in total. The van der Waals surface area contributed by atoms with E-state index in [1.807, 2.05) is 11.8 Å². The standard InChI is InChI=1S/C10H19N3O/c1-2-12-10(14)13-5-3-4-8-6-11-7-9(8)13/h8-9,11H,2-7H2,1H3,(H,12,14)/t8-,9+/m0/s1. The van der Waals surface area contributed by atoms with Gasteiger partial charge in [0, 0.05) is 32.2 Å². The van der Waals surface area contributed by atoms with E-state index in [0.29, 0.717) is 12.0 Å². The molecule has 4 nitrogen and oxygen atoms in total. The maximum Gasteiger partial charge on any atom is 0.317 e. The highest BCUT2D eigenvalue weighted by atomic mass is 16.2. The number of carbonyl (C=O) groups is 1. The van der Waals surface area contributed by atoms with Gasteiger partial charge in [0.15, 0.2) is 0 Å². The number of carbonyl (C=O) groups excluding carboxylic acids is 1. The van der Waals surface area contributed by atoms with Crippen molar-refractivity contribution in [2.24, 2.45) is 5.92 Å². The molecule has 0 aromatic heterocycles. The summed E-state index contributed by atoms with van der Waals surface area (Å²) in [4.78, 5) is 13.7. The minimum Gasteiger partial charge on any atom is -0.338 e. The molecule has 4 heteroatoms. The first kappa shape index (κ1) is 9.77. The lowest BCUT2D eigenvalue weighted by Crippen LogP contribution is -2.52. The van der Waals surface area contributed by atoms with Crippen LogP contribution in [0.2, 0.25) is 0 Å². The van der Waals surface area contributed by atoms with E-state index in [1.165, 1.54) is 6.42 Å². The Kier molecular flexibility index (Phi) is 2.91. The summed E-state index contributed by atoms with van der Waals surface area (Å²) < 4.78 is 0. The lowest BCUT2D eigenvalue weighted by atomic mass is 9.92. The predicted octanol–water partition coefficient (Wildman–Crippen LogP) is 0.400. The van der Waals surface area contributed by atoms with Gasteiger partial charge in [-0.3, -0.25) is 0 Å². The smallest absolute Gasteiger partial charge is 0.317 e. The second-order valence-electron chi connectivity index (χ2n) is 4.16. The van der Waals surface area contributed by atoms with Gasteiger partial charge in [-0.25, -0.2) is 4.79 Å². The molecule has 2 aliphatic heterocycles. The Morgan fingerprint density at radius 3 is 3.21 bits per heavy atom. The van der Waals surface area contributed by atoms with E-state index < -0.39 is 0 Å². The highest BCUT2D eigenvalue weighted by Crippen LogP contribution is 2.26. The van der Waals surface area contributed by atoms with Gasteiger partial charge in [0.05, 0.1) is 0 Å². The van der Waals surface area contributed by atoms with Crippen LogP contribution in [0, 0.1) is 5.92 Å². The summed E-state index contributed by atoms with van der Waals surface area (Å²) in [5.41, 5.74) is 0. The number of likely N-dealkylation sites (tertiary alicyclic amines) is 1. The van der Waals surface area contributed by atoms with Gasteiger partial charge in [-0.1, -0.05) is 0 Å². The van der Waals surface area contributed by atoms with Crippen LogP contribution in [-0.4, -0.2) is 43.2 Å². The Bertz CT molecular complexity index is 219. The average molecular weight is 197 g/mol. The van der Waals surface area contributed by atoms with E-state index in [1.54, 1.807) is 0 Å². The molecule has 80 valence electrons. The van der Waals surface area contributed by atoms with Gasteiger partial charge in [0.25, 0.3) is 0 Å². The molecule has 2 fully saturated rings. The third kappa shape index (κ3) is 1.71. The lowest BCUT2D eigenvalue weighted by Gasteiger charge is -2.36. The van der Waals surface area contributed by atoms with Crippen molar-refractivity contribution in [2.75, 3.05) is 26.2 Å². The first-order chi connectivity index (χ1) is 6.83. The van der Waals surface area contributed by atoms with Crippen LogP contribution in [0.15, 0.2) is 0 Å². The zero-order chi connectivity index (χ0) is 9.97. The molecule has 0 saturated carbocycles. The zero-order valence-corrected chi connectivity index (χ0v) is 8.75. The van der Waals surface area contributed by atoms with Crippen molar-refractivity contribution >= 4 is 6.03 Å². The quantitative estimate of drug-likeness (QED) is 0.639. The van der Waals surface area contributed by atoms with Gasteiger partial charge < -0.3 is 15.5 Å². The van der Waals surface area contributed by atoms with Gasteiger partial charge in [0.2, 0.25) is 0 Å². The zero-order valence-electron chi connectivity index (χ0n) is 8.75. The summed E-state index contributed by atoms with van der Waals surface area (Å²) in [5, 5.41) is 6.26. The third-order valence-corrected chi connectivity index (χ3v) is 3.27. The molecule has 0 unspecified atom stereocenters. The van der Waals surface area contributed by atoms with E-state index in [2.05, 4.69) is 10.6 Å². The molecule has 0 aromatic carbocycles. The molecule has 0 spiro atoms. The van der Waals surface area contributed by atoms with Crippen molar-refractivity contribution in [3.8, 4) is 0 Å². The molecule has 2 rings (SSSR count). The minimum absolute atomic E-state index is 0.117. The SMILES string of the molecule is CCNC(=O)N1CCC[C@H]2CNC[C@H]21. The first-order valence-electron chi connectivity index (χ1n) is 5.58. The number of hydrogen-bond acceptors (Lipinski definition) is 2. The predicted molar refractivity (Wildman–Crippen MR) is 55.2 cm³/mol. The topological polar surface area (TPSA) is 44.4 Å². The number of hydrogen-bond donors (Lipinski definition) is 2. The van der Waals surface area contributed by atoms with Gasteiger partial charge in [0.1, 0.15) is 0 Å². The maximum atomic E-state index is 11.7. The fraction of sp³-hybridized carbons (Fsp3) is 0.900. The molecule has 2 aliphatic rings. The molecule has 2 amide bonds. The summed E-state index contributed by atoms with van der Waals surface area (Å²) in [7, 11) is 0. The molecule has 2 heterocycles. The minimum atomic E-state index is 0.117. The molecule has 14 heavy (non-hydrogen) atoms. The molecule has 0 bridgehead atoms. The van der Waals surface area contributed by atoms with Crippen LogP contribution in [-0.2, 0) is 0 Å². The molecular weight excluding hydrogens is 178 g/mol. The third-order valence-electron chi connectivity index (χ3n) is 3.27. The van der Waals surface area contributed by atoms with Gasteiger partial charge in [-0.15, -0.1) is 0 Å². The molecule has 2 atom stereocenters. The molecule has 0 aliphatic carbocycles. The van der Waals surface area contributed by atoms with E-state index in [0.717, 1.165) is 32.6 Å². The molecule has 2 saturated heterocycles. The van der Waals surface area contributed by atoms with Crippen molar-refractivity contribution in [1.29, 1.82) is 0 Å². The van der Waals surface area contributed by atoms with Gasteiger partial charge >= 0.3 is 6.03 Å². The summed E-state index contributed by atoms with van der Waals surface area (Å²) in [5.74, 6) is 0.686. The first-order valence-corrected chi connectivity index (χ1v) is 5.58. The number of nitrogens with one attached hydrogen (secondary N) is 2. The number of piperidine rings is 1. The highest BCUT2D eigenvalue weighted by molar-refractivity contribution is 5.74. The molecular formula is C10H19N3O. The Balaban J connectivity index is 1.99. The van der Waals surface area contributed by atoms with Crippen LogP contribution in [0.3, 0.4) is 0 Å². The number of urea groups is 1. The highest BCUT2D eigenvalue weighted by Gasteiger charge is 2.36. The van der Waals surface area contributed by atoms with Crippen molar-refractivity contribution < 1.29 is 4.79 Å². The van der Waals surface area contributed by atoms with Crippen LogP contribution < -0.4 is 10.6 Å². The molecule has 0 aromatic rings. The normalized spacial score (nSPS) is 31.4. The largest absolute Gasteiger partial charge is 0.338 e. The second kappa shape index (κ2) is 4.17. The lowest BCUT2D eigenvalue weighted by molar-refractivity contribution is 0.137. The van der Waals surface area contributed by atoms with Crippen molar-refractivity contribution in [3.05, 3.63) is 0 Å². The Morgan fingerprint density at radius 1 is 1.57 bits per heavy atom. The van der Waals surface area contributed by atoms with Crippen LogP contribution >= 0.6 is 0 Å². The summed E-state index contributed by atoms with van der Waals surface area (Å²) in [6.07, 6.45) is 2.42. The summed E-state index contributed by atoms with van der Waals surface area (Å²) in [6, 6.07) is 0.557. The molecule has 0 radical (unpaired) electrons. The fourth-order valence-corrected chi connectivity index (χ4v) is 2.57. The summed E-state index contributed by atoms with van der Waals surface area (Å²) in [6.45, 7) is 5.67. The van der Waals surface area contributed by atoms with E-state index >= 15 is 0 Å². The number of fused-ring (bicyclic) bond motifs is 1. The Hall–Kier alpha value is -0.770. The van der Waals surface area contributed by atoms with Crippen LogP contribution in [0.1, 0.15) is 19.8 Å². The Morgan fingerprint density at radius 2 is 2.43 bits per heavy atom. The fourth-order valence-electron chi connectivity index (χ4n) is 2.57. The monoisotopic (exact) mass is 197 g/mol. The van der Waals surface area contributed by atoms with Crippen molar-refractivity contribution in [2.45, 2.75) is 25.8 Å². The van der Waals surface area contributed by atoms with Gasteiger partial charge in [-0.05, 0) is 25.7 Å². The number of amides is 2. The van der Waals surface area contributed by atoms with Crippen molar-refractivity contribution in [3.63, 3.8) is 0 Å². The van der Waals surface area contributed by atoms with Crippen LogP contribution in [0.4, 0.5) is 4.79 Å². The Labute approximate surface area is 85.0 Å². The van der Waals surface area contributed by atoms with Crippen molar-refractivity contribution in [1.82, 2.24) is 15.5 Å². The summed E-state index contributed by atoms with van der Waals surface area (Å²) >= 11 is 0. The van der Waals surface area contributed by atoms with E-state index in [4.69, 9.17) is 0 Å². The van der Waals surface area contributed by atoms with Crippen LogP contribution in [0.25, 0.3) is 0 Å². The van der Waals surface area contributed by atoms with E-state index in [9.17, 15) is 4.79 Å². The van der Waals surface area contributed by atoms with E-state index in [-0.39, 0.29) is 6.03 Å². The van der Waals surface area contributed by atoms with Crippen LogP contribution in [0.5, 0.6) is 0 Å². The number of rotatable bonds is 1. The van der Waals surface area contributed by atoms with Gasteiger partial charge in [-0.2, -0.15) is 0 Å². The second-order valence-corrected chi connectivity index (χ2v) is 4.16. The average Bonchev–Trinajstić information content (AvgIpc) is 2.65. The maximum absolute atomic E-state index is 11.7.